The van der Waals surface area contributed by atoms with Crippen molar-refractivity contribution >= 4 is 47.9 Å². The number of H-pyrrole nitrogens is 1. The number of nitrogens with one attached hydrogen (secondary N) is 3. The summed E-state index contributed by atoms with van der Waals surface area (Å²) in [5.74, 6) is -0.225. The maximum absolute atomic E-state index is 13.1. The molecule has 1 amide bonds. The molecule has 124 heavy (non-hydrogen) atoms. The quantitative estimate of drug-likeness (QED) is 0.0112. The van der Waals surface area contributed by atoms with Crippen LogP contribution in [0.1, 0.15) is 179 Å². The summed E-state index contributed by atoms with van der Waals surface area (Å²) in [6.45, 7) is 17.4. The third kappa shape index (κ3) is 34.0. The molecule has 40 heteroatoms. The number of aliphatic hydroxyl groups excluding tert-OH is 6. The van der Waals surface area contributed by atoms with Gasteiger partial charge in [-0.15, -0.1) is 0 Å². The van der Waals surface area contributed by atoms with Gasteiger partial charge in [0.15, 0.2) is 11.9 Å². The summed E-state index contributed by atoms with van der Waals surface area (Å²) in [4.78, 5) is 118. The number of nitrogens with two attached hydrogens (primary N) is 2. The van der Waals surface area contributed by atoms with Crippen LogP contribution in [-0.2, 0) is 62.6 Å². The van der Waals surface area contributed by atoms with Crippen LogP contribution in [0.25, 0.3) is 0 Å². The smallest absolute Gasteiger partial charge is 0.499 e. The second kappa shape index (κ2) is 55.1. The molecule has 8 heterocycles. The van der Waals surface area contributed by atoms with Crippen LogP contribution in [0.3, 0.4) is 0 Å². The molecule has 3 aromatic carbocycles. The number of nitrogens with zero attached hydrogens (tertiary/aromatic N) is 7. The third-order valence-corrected chi connectivity index (χ3v) is 18.4. The summed E-state index contributed by atoms with van der Waals surface area (Å²) in [7, 11) is 2.94. The van der Waals surface area contributed by atoms with E-state index in [0.29, 0.717) is 18.0 Å². The van der Waals surface area contributed by atoms with Gasteiger partial charge in [-0.2, -0.15) is 29.3 Å². The summed E-state index contributed by atoms with van der Waals surface area (Å²) < 4.78 is 52.3. The molecule has 11 rings (SSSR count). The number of alkyl carbamates (subject to hydrolysis) is 1. The van der Waals surface area contributed by atoms with Crippen molar-refractivity contribution in [1.82, 2.24) is 39.0 Å². The largest absolute Gasteiger partial charge is 1.00 e. The van der Waals surface area contributed by atoms with Crippen molar-refractivity contribution in [2.45, 2.75) is 235 Å². The highest BCUT2D eigenvalue weighted by Crippen LogP contribution is 2.41. The van der Waals surface area contributed by atoms with E-state index in [9.17, 15) is 63.9 Å². The zero-order valence-electron chi connectivity index (χ0n) is 68.2. The van der Waals surface area contributed by atoms with Crippen LogP contribution in [-0.4, -0.2) is 207 Å². The van der Waals surface area contributed by atoms with Crippen molar-refractivity contribution in [3.63, 3.8) is 0 Å². The molecule has 0 spiro atoms. The van der Waals surface area contributed by atoms with Crippen LogP contribution in [0.2, 0.25) is 0 Å². The first-order chi connectivity index (χ1) is 55.4. The lowest BCUT2D eigenvalue weighted by Crippen LogP contribution is -3.00. The number of nitrogen functional groups attached to an aromatic ring is 2. The number of carboxylic acids is 1. The van der Waals surface area contributed by atoms with Gasteiger partial charge in [-0.05, 0) is 86.6 Å². The number of methoxy groups -OCH3 is 2. The van der Waals surface area contributed by atoms with Crippen LogP contribution in [0.4, 0.5) is 22.2 Å². The fraction of sp³-hybridized carbons (Fsp3) is 0.536. The minimum atomic E-state index is -0.924. The predicted octanol–water partition coefficient (Wildman–Crippen LogP) is -1.15. The summed E-state index contributed by atoms with van der Waals surface area (Å²) in [5, 5.41) is 72.4. The van der Waals surface area contributed by atoms with Gasteiger partial charge in [0, 0.05) is 68.4 Å². The molecule has 0 aliphatic carbocycles. The van der Waals surface area contributed by atoms with E-state index in [0.717, 1.165) is 22.4 Å². The number of aromatic nitrogens is 8. The molecule has 7 aromatic rings. The van der Waals surface area contributed by atoms with Gasteiger partial charge in [0.1, 0.15) is 97.1 Å². The molecule has 696 valence electrons. The molecule has 38 nitrogen and oxygen atoms in total. The van der Waals surface area contributed by atoms with Crippen molar-refractivity contribution in [3.05, 3.63) is 198 Å². The second-order valence-corrected chi connectivity index (χ2v) is 29.6. The molecule has 0 bridgehead atoms. The van der Waals surface area contributed by atoms with Crippen LogP contribution >= 0.6 is 0 Å². The minimum Gasteiger partial charge on any atom is -1.00 e. The number of quaternary nitrogens is 1. The van der Waals surface area contributed by atoms with E-state index in [1.807, 2.05) is 113 Å². The van der Waals surface area contributed by atoms with Gasteiger partial charge in [-0.1, -0.05) is 151 Å². The lowest BCUT2D eigenvalue weighted by atomic mass is 9.77. The van der Waals surface area contributed by atoms with E-state index in [4.69, 9.17) is 64.4 Å². The van der Waals surface area contributed by atoms with Gasteiger partial charge < -0.3 is 131 Å². The number of amides is 1. The molecule has 4 aliphatic rings. The fourth-order valence-corrected chi connectivity index (χ4v) is 12.1. The zero-order chi connectivity index (χ0) is 86.6. The van der Waals surface area contributed by atoms with E-state index in [2.05, 4.69) is 41.0 Å². The summed E-state index contributed by atoms with van der Waals surface area (Å²) >= 11 is 0. The molecule has 0 saturated carbocycles. The predicted molar refractivity (Wildman–Crippen MR) is 453 cm³/mol. The van der Waals surface area contributed by atoms with E-state index in [1.165, 1.54) is 49.9 Å². The van der Waals surface area contributed by atoms with E-state index in [-0.39, 0.29) is 150 Å². The number of anilines is 3. The summed E-state index contributed by atoms with van der Waals surface area (Å²) in [6.07, 6.45) is -2.42. The molecule has 0 radical (unpaired) electrons. The maximum Gasteiger partial charge on any atom is 0.499 e. The number of ether oxygens (including phenoxy) is 9. The molecule has 4 aliphatic heterocycles. The number of hydrogen-bond donors (Lipinski definition) is 13. The number of aryl methyl sites for hydroxylation is 1. The van der Waals surface area contributed by atoms with Gasteiger partial charge in [-0.3, -0.25) is 23.3 Å². The van der Waals surface area contributed by atoms with E-state index < -0.39 is 144 Å². The monoisotopic (exact) mass is 1790 g/mol. The highest BCUT2D eigenvalue weighted by molar-refractivity contribution is 5.81. The number of rotatable bonds is 24. The van der Waals surface area contributed by atoms with Crippen molar-refractivity contribution in [2.75, 3.05) is 57.4 Å². The Kier molecular flexibility index (Phi) is 51.4. The lowest BCUT2D eigenvalue weighted by Gasteiger charge is -2.37. The third-order valence-electron chi connectivity index (χ3n) is 18.4. The minimum absolute atomic E-state index is 0. The number of aliphatic hydroxyl groups is 6. The number of hydrogen-bond acceptors (Lipinski definition) is 30. The number of halogens is 2. The SMILES string of the molecule is C.C.C.C.C.CC(C)C([NH3+])C(=O)OC[C@@H]1O[C@H]([n+]2ccc(N)[nH]c2=O)C[C@@H]1O.CC(C)CC(=O)O.COC=O.COc1ccc(C(Nc2ccn([C@@H]3C[C@H](O)[C@H](CO)O3)c(=O)n2)(c2ccccc2)c2ccccc2)cc1.Cc1ccn([C@@H]2C[C@H](O)[C@H](COC(=O)C(NC(=O)OC(C)(C)C)C(C)C)O2)c(=O)n1.Nc1ccn([C@@H]2C[C@H](O)[C@H](CO)O2)c(=O)n1.[Cl-].[Cl-]. The number of benzene rings is 3. The molecule has 17 N–H and O–H groups in total. The number of aliphatic carboxylic acids is 1. The second-order valence-electron chi connectivity index (χ2n) is 29.6. The molecule has 4 saturated heterocycles. The highest BCUT2D eigenvalue weighted by Gasteiger charge is 2.43. The first-order valence-electron chi connectivity index (χ1n) is 37.7. The first kappa shape index (κ1) is 116. The van der Waals surface area contributed by atoms with Gasteiger partial charge in [-0.25, -0.2) is 28.8 Å². The van der Waals surface area contributed by atoms with Gasteiger partial charge in [0.05, 0.1) is 51.8 Å². The Labute approximate surface area is 735 Å². The number of aromatic amines is 1. The number of carboxylic acid groups (broad SMARTS) is 1. The van der Waals surface area contributed by atoms with E-state index >= 15 is 0 Å². The molecular weight excluding hydrogens is 1660 g/mol. The molecule has 4 fully saturated rings. The standard InChI is InChI=1S/C29H29N3O5.C20H31N3O7.C14H22N4O5.C9H13N3O4.C5H10O2.C2H4O2.5CH4.2ClH/c1-36-23-14-12-22(13-15-23)29(20-8-4-2-5-9-20,21-10-6-3-7-11-21)31-26-16-17-32(28(35)30-26)27-18-24(34)25(19-33)37-27;1-11(2)16(22-19(27)30-20(4,5)6)17(25)28-10-14-13(24)9-15(29-14)23-8-7-12(3)21-18(23)26;1-7(2)12(16)13(20)22-6-9-8(19)5-11(23-9)18-4-3-10(15)17-14(18)21;10-7-1-2-12(9(15)11-7)8-3-5(14)6(4-13)16-8;1-4(2)3-5(6)7;1-4-2-3;;;;;;;/h2-17,24-25,27,33-34H,18-19H2,1H3,(H,30,31,35);7-8,11,13-16,24H,9-10H2,1-6H3,(H,22,27);3-4,7-9,11-12,19H,5-6,16H2,1-2H3,(H2,15,17,21);1-2,5-6,8,13-14H,3-4H2,(H2,10,11,15);4H,3H2,1-2H3,(H,6,7);2H,1H3;5*1H4;2*1H/t24-,25-,27-;13-,14-,15-,16?;8-,9-,11-,12?;5-,6-,8-;;;;;;;;;/m0000........./s1. The van der Waals surface area contributed by atoms with E-state index in [1.54, 1.807) is 73.2 Å². The first-order valence-corrected chi connectivity index (χ1v) is 37.7. The Morgan fingerprint density at radius 2 is 1.05 bits per heavy atom. The Morgan fingerprint density at radius 3 is 1.45 bits per heavy atom. The average molecular weight is 1790 g/mol. The highest BCUT2D eigenvalue weighted by atomic mass is 35.5. The Bertz CT molecular complexity index is 4520. The van der Waals surface area contributed by atoms with Crippen molar-refractivity contribution in [2.24, 2.45) is 17.8 Å². The summed E-state index contributed by atoms with van der Waals surface area (Å²) in [5.41, 5.74) is 14.5. The van der Waals surface area contributed by atoms with Crippen LogP contribution < -0.4 is 84.7 Å². The van der Waals surface area contributed by atoms with Gasteiger partial charge in [0.25, 0.3) is 6.47 Å². The topological polar surface area (TPSA) is 555 Å². The van der Waals surface area contributed by atoms with Crippen molar-refractivity contribution in [3.8, 4) is 5.75 Å². The van der Waals surface area contributed by atoms with Gasteiger partial charge >= 0.3 is 46.8 Å². The normalized spacial score (nSPS) is 20.5. The molecule has 14 atom stereocenters. The Hall–Kier alpha value is -10.3. The van der Waals surface area contributed by atoms with Crippen LogP contribution in [0, 0.1) is 24.7 Å². The van der Waals surface area contributed by atoms with Crippen molar-refractivity contribution < 1.29 is 137 Å². The Balaban J connectivity index is 0. The van der Waals surface area contributed by atoms with Crippen LogP contribution in [0.15, 0.2) is 153 Å². The number of esters is 2. The molecular formula is C84H131Cl2N13O25. The maximum atomic E-state index is 13.1. The number of carbonyl (C=O) groups is 5. The lowest BCUT2D eigenvalue weighted by molar-refractivity contribution is -0.773. The molecule has 4 aromatic heterocycles. The number of carbonyl (C=O) groups excluding carboxylic acids is 4. The summed E-state index contributed by atoms with van der Waals surface area (Å²) in [6, 6.07) is 32.8. The average Bonchev–Trinajstić information content (AvgIpc) is 1.07. The Morgan fingerprint density at radius 1 is 0.613 bits per heavy atom. The molecule has 2 unspecified atom stereocenters. The van der Waals surface area contributed by atoms with Crippen molar-refractivity contribution in [1.29, 1.82) is 0 Å². The van der Waals surface area contributed by atoms with Crippen LogP contribution in [0.5, 0.6) is 5.75 Å². The fourth-order valence-electron chi connectivity index (χ4n) is 12.1. The van der Waals surface area contributed by atoms with Gasteiger partial charge in [0.2, 0.25) is 6.23 Å². The zero-order valence-corrected chi connectivity index (χ0v) is 69.7.